The molecule has 1 saturated heterocycles. The zero-order valence-electron chi connectivity index (χ0n) is 15.7. The lowest BCUT2D eigenvalue weighted by Gasteiger charge is -2.36. The van der Waals surface area contributed by atoms with E-state index >= 15 is 0 Å². The maximum atomic E-state index is 5.83. The van der Waals surface area contributed by atoms with Crippen LogP contribution in [0.5, 0.6) is 0 Å². The van der Waals surface area contributed by atoms with Gasteiger partial charge in [0, 0.05) is 52.1 Å². The van der Waals surface area contributed by atoms with Gasteiger partial charge in [-0.2, -0.15) is 0 Å². The van der Waals surface area contributed by atoms with Gasteiger partial charge in [-0.15, -0.1) is 24.0 Å². The number of guanidine groups is 1. The van der Waals surface area contributed by atoms with E-state index in [2.05, 4.69) is 44.4 Å². The largest absolute Gasteiger partial charge is 0.383 e. The Labute approximate surface area is 174 Å². The van der Waals surface area contributed by atoms with Gasteiger partial charge in [0.05, 0.1) is 13.2 Å². The standard InChI is InChI=1S/C19H31N5O.HI/c1-25-13-8-21-19(20)22-14-16-4-6-18(7-5-16)24-11-9-23(10-12-24)15-17-2-3-17;/h4-7,17H,2-3,8-15H2,1H3,(H3,20,21,22);1H. The highest BCUT2D eigenvalue weighted by Gasteiger charge is 2.26. The quantitative estimate of drug-likeness (QED) is 0.261. The number of piperazine rings is 1. The Morgan fingerprint density at radius 3 is 2.50 bits per heavy atom. The second-order valence-electron chi connectivity index (χ2n) is 7.02. The van der Waals surface area contributed by atoms with Crippen LogP contribution < -0.4 is 16.0 Å². The fourth-order valence-corrected chi connectivity index (χ4v) is 3.18. The number of ether oxygens (including phenoxy) is 1. The molecule has 3 N–H and O–H groups in total. The average molecular weight is 473 g/mol. The van der Waals surface area contributed by atoms with E-state index in [1.807, 2.05) is 0 Å². The number of methoxy groups -OCH3 is 1. The Morgan fingerprint density at radius 2 is 1.88 bits per heavy atom. The molecule has 0 atom stereocenters. The van der Waals surface area contributed by atoms with Crippen LogP contribution >= 0.6 is 24.0 Å². The average Bonchev–Trinajstić information content (AvgIpc) is 3.45. The van der Waals surface area contributed by atoms with Crippen molar-refractivity contribution < 1.29 is 4.74 Å². The number of hydrogen-bond donors (Lipinski definition) is 2. The number of anilines is 1. The lowest BCUT2D eigenvalue weighted by Crippen LogP contribution is -2.47. The normalized spacial score (nSPS) is 18.5. The Hall–Kier alpha value is -1.06. The van der Waals surface area contributed by atoms with E-state index in [4.69, 9.17) is 10.5 Å². The fraction of sp³-hybridized carbons (Fsp3) is 0.632. The van der Waals surface area contributed by atoms with E-state index in [9.17, 15) is 0 Å². The monoisotopic (exact) mass is 473 g/mol. The molecule has 26 heavy (non-hydrogen) atoms. The van der Waals surface area contributed by atoms with Gasteiger partial charge in [0.25, 0.3) is 0 Å². The molecule has 0 spiro atoms. The second-order valence-corrected chi connectivity index (χ2v) is 7.02. The molecule has 146 valence electrons. The fourth-order valence-electron chi connectivity index (χ4n) is 3.18. The number of aliphatic imine (C=N–C) groups is 1. The van der Waals surface area contributed by atoms with Gasteiger partial charge in [0.1, 0.15) is 0 Å². The number of rotatable bonds is 8. The molecule has 0 aromatic heterocycles. The smallest absolute Gasteiger partial charge is 0.188 e. The molecular formula is C19H32IN5O. The lowest BCUT2D eigenvalue weighted by atomic mass is 10.1. The van der Waals surface area contributed by atoms with Gasteiger partial charge in [-0.05, 0) is 36.5 Å². The molecule has 0 radical (unpaired) electrons. The summed E-state index contributed by atoms with van der Waals surface area (Å²) in [6, 6.07) is 8.71. The van der Waals surface area contributed by atoms with Crippen molar-refractivity contribution in [2.24, 2.45) is 16.6 Å². The third kappa shape index (κ3) is 6.92. The number of benzene rings is 1. The summed E-state index contributed by atoms with van der Waals surface area (Å²) in [5.74, 6) is 1.45. The van der Waals surface area contributed by atoms with Crippen molar-refractivity contribution in [3.8, 4) is 0 Å². The molecule has 1 aliphatic heterocycles. The molecule has 7 heteroatoms. The maximum Gasteiger partial charge on any atom is 0.188 e. The molecule has 1 saturated carbocycles. The Kier molecular flexibility index (Phi) is 8.94. The molecule has 1 heterocycles. The minimum absolute atomic E-state index is 0. The van der Waals surface area contributed by atoms with E-state index in [0.717, 1.165) is 19.0 Å². The van der Waals surface area contributed by atoms with Crippen LogP contribution in [0.3, 0.4) is 0 Å². The van der Waals surface area contributed by atoms with Crippen LogP contribution in [-0.2, 0) is 11.3 Å². The Balaban J connectivity index is 0.00000243. The predicted molar refractivity (Wildman–Crippen MR) is 118 cm³/mol. The zero-order valence-corrected chi connectivity index (χ0v) is 18.0. The molecule has 2 fully saturated rings. The summed E-state index contributed by atoms with van der Waals surface area (Å²) in [5.41, 5.74) is 8.32. The molecular weight excluding hydrogens is 441 g/mol. The van der Waals surface area contributed by atoms with Crippen LogP contribution in [0, 0.1) is 5.92 Å². The van der Waals surface area contributed by atoms with Gasteiger partial charge in [-0.1, -0.05) is 12.1 Å². The van der Waals surface area contributed by atoms with Crippen LogP contribution in [0.2, 0.25) is 0 Å². The SMILES string of the molecule is COCCNC(N)=NCc1ccc(N2CCN(CC3CC3)CC2)cc1.I. The first-order valence-corrected chi connectivity index (χ1v) is 9.33. The predicted octanol–water partition coefficient (Wildman–Crippen LogP) is 1.89. The lowest BCUT2D eigenvalue weighted by molar-refractivity contribution is 0.204. The van der Waals surface area contributed by atoms with Crippen LogP contribution in [0.4, 0.5) is 5.69 Å². The van der Waals surface area contributed by atoms with Gasteiger partial charge in [-0.25, -0.2) is 4.99 Å². The molecule has 6 nitrogen and oxygen atoms in total. The first kappa shape index (κ1) is 21.2. The topological polar surface area (TPSA) is 66.1 Å². The third-order valence-electron chi connectivity index (χ3n) is 4.93. The van der Waals surface area contributed by atoms with Gasteiger partial charge in [0.2, 0.25) is 0 Å². The van der Waals surface area contributed by atoms with Crippen LogP contribution in [-0.4, -0.2) is 63.8 Å². The van der Waals surface area contributed by atoms with Crippen molar-refractivity contribution in [1.29, 1.82) is 0 Å². The Morgan fingerprint density at radius 1 is 1.19 bits per heavy atom. The van der Waals surface area contributed by atoms with E-state index in [1.165, 1.54) is 43.7 Å². The summed E-state index contributed by atoms with van der Waals surface area (Å²) in [6.07, 6.45) is 2.88. The number of halogens is 1. The Bertz CT molecular complexity index is 554. The first-order chi connectivity index (χ1) is 12.2. The molecule has 2 aliphatic rings. The second kappa shape index (κ2) is 10.9. The summed E-state index contributed by atoms with van der Waals surface area (Å²) in [4.78, 5) is 9.46. The number of nitrogens with two attached hydrogens (primary N) is 1. The number of hydrogen-bond acceptors (Lipinski definition) is 4. The molecule has 0 unspecified atom stereocenters. The highest BCUT2D eigenvalue weighted by molar-refractivity contribution is 14.0. The summed E-state index contributed by atoms with van der Waals surface area (Å²) >= 11 is 0. The van der Waals surface area contributed by atoms with Crippen molar-refractivity contribution in [3.05, 3.63) is 29.8 Å². The van der Waals surface area contributed by atoms with E-state index in [-0.39, 0.29) is 24.0 Å². The minimum atomic E-state index is 0. The summed E-state index contributed by atoms with van der Waals surface area (Å²) in [7, 11) is 1.67. The molecule has 0 amide bonds. The van der Waals surface area contributed by atoms with E-state index in [1.54, 1.807) is 7.11 Å². The van der Waals surface area contributed by atoms with Gasteiger partial charge in [-0.3, -0.25) is 4.90 Å². The van der Waals surface area contributed by atoms with Crippen molar-refractivity contribution >= 4 is 35.6 Å². The summed E-state index contributed by atoms with van der Waals surface area (Å²) in [5, 5.41) is 3.03. The molecule has 1 aliphatic carbocycles. The van der Waals surface area contributed by atoms with E-state index in [0.29, 0.717) is 25.7 Å². The molecule has 1 aromatic carbocycles. The van der Waals surface area contributed by atoms with E-state index < -0.39 is 0 Å². The third-order valence-corrected chi connectivity index (χ3v) is 4.93. The highest BCUT2D eigenvalue weighted by atomic mass is 127. The first-order valence-electron chi connectivity index (χ1n) is 9.33. The number of nitrogens with zero attached hydrogens (tertiary/aromatic N) is 3. The number of nitrogens with one attached hydrogen (secondary N) is 1. The molecule has 1 aromatic rings. The zero-order chi connectivity index (χ0) is 17.5. The van der Waals surface area contributed by atoms with Crippen molar-refractivity contribution in [1.82, 2.24) is 10.2 Å². The van der Waals surface area contributed by atoms with Crippen molar-refractivity contribution in [3.63, 3.8) is 0 Å². The summed E-state index contributed by atoms with van der Waals surface area (Å²) in [6.45, 7) is 7.84. The highest BCUT2D eigenvalue weighted by Crippen LogP contribution is 2.30. The van der Waals surface area contributed by atoms with Crippen LogP contribution in [0.15, 0.2) is 29.3 Å². The van der Waals surface area contributed by atoms with Crippen LogP contribution in [0.1, 0.15) is 18.4 Å². The summed E-state index contributed by atoms with van der Waals surface area (Å²) < 4.78 is 4.97. The maximum absolute atomic E-state index is 5.83. The molecule has 0 bridgehead atoms. The van der Waals surface area contributed by atoms with Gasteiger partial charge >= 0.3 is 0 Å². The van der Waals surface area contributed by atoms with Crippen LogP contribution in [0.25, 0.3) is 0 Å². The van der Waals surface area contributed by atoms with Crippen molar-refractivity contribution in [2.75, 3.05) is 57.9 Å². The molecule has 3 rings (SSSR count). The van der Waals surface area contributed by atoms with Gasteiger partial charge < -0.3 is 20.7 Å². The van der Waals surface area contributed by atoms with Crippen molar-refractivity contribution in [2.45, 2.75) is 19.4 Å². The minimum Gasteiger partial charge on any atom is -0.383 e. The van der Waals surface area contributed by atoms with Gasteiger partial charge in [0.15, 0.2) is 5.96 Å².